The number of hydrogen-bond donors (Lipinski definition) is 2. The third-order valence-electron chi connectivity index (χ3n) is 24.8. The Labute approximate surface area is 626 Å². The Morgan fingerprint density at radius 1 is 0.567 bits per heavy atom. The van der Waals surface area contributed by atoms with Crippen molar-refractivity contribution in [2.24, 2.45) is 35.5 Å². The molecule has 2 saturated carbocycles. The van der Waals surface area contributed by atoms with Crippen molar-refractivity contribution in [3.63, 3.8) is 0 Å². The van der Waals surface area contributed by atoms with E-state index in [9.17, 15) is 26.4 Å². The van der Waals surface area contributed by atoms with Crippen LogP contribution in [0.5, 0.6) is 11.5 Å². The molecular formula is C80H108Cl2N6O14S2. The predicted molar refractivity (Wildman–Crippen MR) is 406 cm³/mol. The summed E-state index contributed by atoms with van der Waals surface area (Å²) >= 11 is 13.0. The third-order valence-corrected chi connectivity index (χ3v) is 29.1. The van der Waals surface area contributed by atoms with Gasteiger partial charge >= 0.3 is 0 Å². The van der Waals surface area contributed by atoms with Crippen LogP contribution in [0, 0.1) is 35.5 Å². The van der Waals surface area contributed by atoms with E-state index in [-0.39, 0.29) is 47.0 Å². The summed E-state index contributed by atoms with van der Waals surface area (Å²) in [5.74, 6) is 1.07. The molecule has 2 saturated heterocycles. The number of methoxy groups -OCH3 is 2. The number of carbonyl (C=O) groups excluding carboxylic acids is 2. The quantitative estimate of drug-likeness (QED) is 0.126. The average molecular weight is 1510 g/mol. The number of amides is 2. The molecule has 0 aromatic heterocycles. The summed E-state index contributed by atoms with van der Waals surface area (Å²) in [4.78, 5) is 36.8. The summed E-state index contributed by atoms with van der Waals surface area (Å²) in [5.41, 5.74) is 6.82. The van der Waals surface area contributed by atoms with Crippen molar-refractivity contribution >= 4 is 66.4 Å². The van der Waals surface area contributed by atoms with Gasteiger partial charge in [-0.25, -0.2) is 26.3 Å². The lowest BCUT2D eigenvalue weighted by Gasteiger charge is -2.46. The van der Waals surface area contributed by atoms with E-state index in [4.69, 9.17) is 61.1 Å². The summed E-state index contributed by atoms with van der Waals surface area (Å²) in [7, 11) is -4.43. The normalized spacial score (nSPS) is 32.8. The number of nitrogens with zero attached hydrogens (tertiary/aromatic N) is 4. The Morgan fingerprint density at radius 3 is 1.40 bits per heavy atom. The van der Waals surface area contributed by atoms with Gasteiger partial charge in [0, 0.05) is 98.6 Å². The molecule has 4 aromatic rings. The Kier molecular flexibility index (Phi) is 24.9. The zero-order valence-electron chi connectivity index (χ0n) is 61.5. The van der Waals surface area contributed by atoms with Gasteiger partial charge in [-0.2, -0.15) is 0 Å². The number of nitrogens with one attached hydrogen (secondary N) is 2. The van der Waals surface area contributed by atoms with Crippen LogP contribution in [0.4, 0.5) is 11.4 Å². The second-order valence-corrected chi connectivity index (χ2v) is 36.3. The first kappa shape index (κ1) is 76.8. The van der Waals surface area contributed by atoms with E-state index in [2.05, 4.69) is 77.6 Å². The Bertz CT molecular complexity index is 3730. The van der Waals surface area contributed by atoms with Crippen molar-refractivity contribution in [3.05, 3.63) is 141 Å². The van der Waals surface area contributed by atoms with Crippen LogP contribution in [-0.4, -0.2) is 206 Å². The van der Waals surface area contributed by atoms with E-state index >= 15 is 0 Å². The van der Waals surface area contributed by atoms with E-state index in [1.807, 2.05) is 50.2 Å². The Hall–Kier alpha value is -5.34. The molecule has 4 bridgehead atoms. The van der Waals surface area contributed by atoms with Crippen molar-refractivity contribution in [1.29, 1.82) is 0 Å². The van der Waals surface area contributed by atoms with Crippen molar-refractivity contribution < 1.29 is 64.3 Å². The molecule has 24 heteroatoms. The number of carbonyl (C=O) groups is 2. The molecule has 10 aliphatic rings. The molecule has 104 heavy (non-hydrogen) atoms. The standard InChI is InChI=1S/2C40H54ClN3O7S/c2*1-27-6-4-8-37(50-19-17-43-16-18-49-24-33(43)23-48-3)34-12-9-31(34)22-44-25-40(15-5-7-29-20-32(41)11-13-35(29)40)26-51-38-14-10-30(21-36(38)44)39(45)42-52(46,47)28(27)2/h2*4,8,10-11,13-14,20-21,27-28,31,33-34,37H,5-7,9,12,15-19,22-26H2,1-3H3,(H,42,45)/b2*8-4+/t27-,28+,31-,33+,34+,37-,40-;27-,28+,31-,33-,34+,37-,40-/m00/s1. The van der Waals surface area contributed by atoms with E-state index in [1.165, 1.54) is 22.3 Å². The number of ether oxygens (including phenoxy) is 8. The maximum Gasteiger partial charge on any atom is 0.264 e. The molecule has 6 heterocycles. The largest absolute Gasteiger partial charge is 0.490 e. The smallest absolute Gasteiger partial charge is 0.264 e. The van der Waals surface area contributed by atoms with Crippen LogP contribution in [0.15, 0.2) is 97.1 Å². The number of hydrogen-bond acceptors (Lipinski definition) is 18. The zero-order valence-corrected chi connectivity index (χ0v) is 64.6. The molecule has 14 rings (SSSR count). The summed E-state index contributed by atoms with van der Waals surface area (Å²) in [6.07, 6.45) is 19.7. The highest BCUT2D eigenvalue weighted by Crippen LogP contribution is 2.50. The number of benzene rings is 4. The van der Waals surface area contributed by atoms with Gasteiger partial charge in [-0.3, -0.25) is 19.4 Å². The maximum absolute atomic E-state index is 13.6. The first-order chi connectivity index (χ1) is 50.1. The highest BCUT2D eigenvalue weighted by atomic mass is 35.5. The van der Waals surface area contributed by atoms with Gasteiger partial charge in [0.25, 0.3) is 11.8 Å². The van der Waals surface area contributed by atoms with Crippen molar-refractivity contribution in [1.82, 2.24) is 19.2 Å². The van der Waals surface area contributed by atoms with Gasteiger partial charge in [-0.1, -0.05) is 73.5 Å². The molecule has 4 aromatic carbocycles. The topological polar surface area (TPSA) is 213 Å². The fraction of sp³-hybridized carbons (Fsp3) is 0.625. The Morgan fingerprint density at radius 2 is 1.00 bits per heavy atom. The molecule has 20 nitrogen and oxygen atoms in total. The first-order valence-corrected chi connectivity index (χ1v) is 41.9. The van der Waals surface area contributed by atoms with Gasteiger partial charge in [0.15, 0.2) is 0 Å². The second-order valence-electron chi connectivity index (χ2n) is 31.3. The lowest BCUT2D eigenvalue weighted by Crippen LogP contribution is -2.50. The van der Waals surface area contributed by atoms with Crippen molar-refractivity contribution in [2.75, 3.05) is 142 Å². The van der Waals surface area contributed by atoms with Crippen molar-refractivity contribution in [2.45, 2.75) is 150 Å². The number of fused-ring (bicyclic) bond motifs is 8. The van der Waals surface area contributed by atoms with Gasteiger partial charge < -0.3 is 47.7 Å². The average Bonchev–Trinajstić information content (AvgIpc) is 1.45. The number of rotatable bonds is 12. The van der Waals surface area contributed by atoms with E-state index in [1.54, 1.807) is 40.2 Å². The second kappa shape index (κ2) is 33.7. The number of morpholine rings is 2. The fourth-order valence-corrected chi connectivity index (χ4v) is 20.9. The molecule has 14 atom stereocenters. The Balaban J connectivity index is 0.000000185. The van der Waals surface area contributed by atoms with Crippen LogP contribution in [0.25, 0.3) is 0 Å². The van der Waals surface area contributed by atoms with Gasteiger partial charge in [0.05, 0.1) is 112 Å². The molecule has 6 aliphatic heterocycles. The SMILES string of the molecule is COC[C@@H]1COCCN1CCO[C@H]1/C=C/C[C@H](C)[C@@H](C)S(=O)(=O)NC(=O)c2ccc3c(c2)N(C[C@@H]2CC[C@H]21)C[C@@]1(CCCc2cc(Cl)ccc21)CO3.COC[C@H]1COCCN1CCO[C@H]1/C=C/C[C@H](C)[C@@H](C)S(=O)(=O)NC(=O)c2ccc3c(c2)N(C[C@@H]2CC[C@H]21)C[C@@]1(CCCc2cc(Cl)ccc21)CO3. The molecular weight excluding hydrogens is 1400 g/mol. The number of halogens is 2. The molecule has 2 spiro atoms. The van der Waals surface area contributed by atoms with Gasteiger partial charge in [-0.05, 0) is 209 Å². The zero-order chi connectivity index (χ0) is 72.9. The van der Waals surface area contributed by atoms with Crippen LogP contribution < -0.4 is 28.7 Å². The van der Waals surface area contributed by atoms with Crippen LogP contribution in [0.1, 0.15) is 135 Å². The number of anilines is 2. The first-order valence-electron chi connectivity index (χ1n) is 38.0. The number of sulfonamides is 2. The minimum absolute atomic E-state index is 0.104. The molecule has 2 amide bonds. The summed E-state index contributed by atoms with van der Waals surface area (Å²) < 4.78 is 108. The summed E-state index contributed by atoms with van der Waals surface area (Å²) in [6, 6.07) is 23.6. The summed E-state index contributed by atoms with van der Waals surface area (Å²) in [6.45, 7) is 19.6. The molecule has 4 aliphatic carbocycles. The minimum Gasteiger partial charge on any atom is -0.490 e. The third kappa shape index (κ3) is 17.2. The lowest BCUT2D eigenvalue weighted by atomic mass is 9.68. The van der Waals surface area contributed by atoms with E-state index in [0.717, 1.165) is 138 Å². The van der Waals surface area contributed by atoms with Crippen LogP contribution in [0.3, 0.4) is 0 Å². The van der Waals surface area contributed by atoms with Gasteiger partial charge in [-0.15, -0.1) is 0 Å². The van der Waals surface area contributed by atoms with Gasteiger partial charge in [0.1, 0.15) is 11.5 Å². The highest BCUT2D eigenvalue weighted by molar-refractivity contribution is 7.91. The molecule has 0 radical (unpaired) electrons. The van der Waals surface area contributed by atoms with E-state index in [0.29, 0.717) is 125 Å². The van der Waals surface area contributed by atoms with Crippen LogP contribution in [-0.2, 0) is 72.1 Å². The van der Waals surface area contributed by atoms with Crippen LogP contribution in [0.2, 0.25) is 10.0 Å². The molecule has 2 N–H and O–H groups in total. The van der Waals surface area contributed by atoms with E-state index < -0.39 is 42.4 Å². The monoisotopic (exact) mass is 1510 g/mol. The molecule has 4 fully saturated rings. The molecule has 568 valence electrons. The number of allylic oxidation sites excluding steroid dienone is 2. The summed E-state index contributed by atoms with van der Waals surface area (Å²) in [5, 5.41) is -0.0621. The molecule has 0 unspecified atom stereocenters. The van der Waals surface area contributed by atoms with Crippen LogP contribution >= 0.6 is 23.2 Å². The minimum atomic E-state index is -3.94. The van der Waals surface area contributed by atoms with Gasteiger partial charge in [0.2, 0.25) is 20.0 Å². The highest BCUT2D eigenvalue weighted by Gasteiger charge is 2.48. The fourth-order valence-electron chi connectivity index (χ4n) is 17.9. The number of aryl methyl sites for hydroxylation is 2. The van der Waals surface area contributed by atoms with Crippen molar-refractivity contribution in [3.8, 4) is 11.5 Å². The predicted octanol–water partition coefficient (Wildman–Crippen LogP) is 11.2. The lowest BCUT2D eigenvalue weighted by molar-refractivity contribution is -0.0608. The maximum atomic E-state index is 13.6.